The van der Waals surface area contributed by atoms with Crippen molar-refractivity contribution in [3.05, 3.63) is 11.6 Å². The molecule has 1 heterocycles. The Morgan fingerprint density at radius 3 is 2.23 bits per heavy atom. The van der Waals surface area contributed by atoms with Gasteiger partial charge in [-0.25, -0.2) is 4.79 Å². The minimum atomic E-state index is -1.00. The summed E-state index contributed by atoms with van der Waals surface area (Å²) in [4.78, 5) is 41.5. The van der Waals surface area contributed by atoms with Crippen LogP contribution in [0.5, 0.6) is 0 Å². The predicted molar refractivity (Wildman–Crippen MR) is 119 cm³/mol. The Kier molecular flexibility index (Phi) is 9.08. The maximum atomic E-state index is 13.5. The summed E-state index contributed by atoms with van der Waals surface area (Å²) in [6, 6.07) is -1.00. The molecule has 1 aliphatic rings. The molecule has 0 bridgehead atoms. The number of piperidine rings is 1. The van der Waals surface area contributed by atoms with Gasteiger partial charge < -0.3 is 15.3 Å². The molecule has 2 amide bonds. The molecule has 0 aromatic carbocycles. The maximum absolute atomic E-state index is 13.5. The minimum Gasteiger partial charge on any atom is -0.478 e. The van der Waals surface area contributed by atoms with Crippen LogP contribution in [0.2, 0.25) is 0 Å². The number of amides is 2. The van der Waals surface area contributed by atoms with E-state index in [2.05, 4.69) is 17.1 Å². The number of likely N-dealkylation sites (N-methyl/N-ethyl adjacent to an activating group) is 2. The second-order valence-corrected chi connectivity index (χ2v) is 10.1. The number of aliphatic carboxylic acids is 1. The molecule has 1 fully saturated rings. The van der Waals surface area contributed by atoms with Crippen LogP contribution in [0.1, 0.15) is 67.7 Å². The normalized spacial score (nSPS) is 23.1. The van der Waals surface area contributed by atoms with Crippen LogP contribution in [0.4, 0.5) is 0 Å². The molecule has 7 nitrogen and oxygen atoms in total. The number of carbonyl (C=O) groups is 3. The zero-order valence-electron chi connectivity index (χ0n) is 20.2. The number of nitrogens with zero attached hydrogens (tertiary/aromatic N) is 2. The molecule has 4 atom stereocenters. The van der Waals surface area contributed by atoms with Crippen LogP contribution in [-0.2, 0) is 14.4 Å². The molecular formula is C23H41N3O4. The lowest BCUT2D eigenvalue weighted by molar-refractivity contribution is -0.142. The van der Waals surface area contributed by atoms with Crippen LogP contribution in [0.15, 0.2) is 11.6 Å². The summed E-state index contributed by atoms with van der Waals surface area (Å²) in [5.74, 6) is -1.31. The zero-order valence-corrected chi connectivity index (χ0v) is 20.2. The van der Waals surface area contributed by atoms with Gasteiger partial charge in [0, 0.05) is 18.7 Å². The average Bonchev–Trinajstić information content (AvgIpc) is 2.63. The van der Waals surface area contributed by atoms with Gasteiger partial charge in [-0.3, -0.25) is 14.5 Å². The third kappa shape index (κ3) is 6.56. The van der Waals surface area contributed by atoms with Gasteiger partial charge in [-0.05, 0) is 51.5 Å². The number of likely N-dealkylation sites (tertiary alicyclic amines) is 1. The number of carbonyl (C=O) groups excluding carboxylic acids is 2. The van der Waals surface area contributed by atoms with E-state index in [1.54, 1.807) is 18.0 Å². The predicted octanol–water partition coefficient (Wildman–Crippen LogP) is 2.90. The zero-order chi connectivity index (χ0) is 23.4. The second kappa shape index (κ2) is 10.4. The average molecular weight is 424 g/mol. The van der Waals surface area contributed by atoms with Crippen molar-refractivity contribution in [1.82, 2.24) is 15.1 Å². The van der Waals surface area contributed by atoms with Crippen molar-refractivity contribution in [3.63, 3.8) is 0 Å². The van der Waals surface area contributed by atoms with Gasteiger partial charge in [0.25, 0.3) is 0 Å². The number of carboxylic acids is 1. The van der Waals surface area contributed by atoms with E-state index in [0.29, 0.717) is 6.04 Å². The first-order chi connectivity index (χ1) is 13.7. The lowest BCUT2D eigenvalue weighted by Crippen LogP contribution is -2.60. The Hall–Kier alpha value is -1.89. The van der Waals surface area contributed by atoms with Crippen LogP contribution >= 0.6 is 0 Å². The topological polar surface area (TPSA) is 90.0 Å². The van der Waals surface area contributed by atoms with Crippen LogP contribution in [-0.4, -0.2) is 71.0 Å². The monoisotopic (exact) mass is 423 g/mol. The molecule has 1 aliphatic heterocycles. The van der Waals surface area contributed by atoms with E-state index in [1.807, 2.05) is 41.7 Å². The molecule has 2 N–H and O–H groups in total. The van der Waals surface area contributed by atoms with E-state index in [9.17, 15) is 19.5 Å². The van der Waals surface area contributed by atoms with Crippen molar-refractivity contribution in [2.75, 3.05) is 14.1 Å². The van der Waals surface area contributed by atoms with E-state index in [4.69, 9.17) is 0 Å². The lowest BCUT2D eigenvalue weighted by atomic mass is 9.84. The molecule has 0 spiro atoms. The van der Waals surface area contributed by atoms with Crippen molar-refractivity contribution in [2.45, 2.75) is 91.9 Å². The fourth-order valence-electron chi connectivity index (χ4n) is 3.95. The second-order valence-electron chi connectivity index (χ2n) is 10.1. The summed E-state index contributed by atoms with van der Waals surface area (Å²) in [6.45, 7) is 13.3. The first-order valence-electron chi connectivity index (χ1n) is 10.9. The van der Waals surface area contributed by atoms with Crippen molar-refractivity contribution >= 4 is 17.8 Å². The van der Waals surface area contributed by atoms with Crippen molar-refractivity contribution < 1.29 is 19.5 Å². The summed E-state index contributed by atoms with van der Waals surface area (Å²) in [5, 5.41) is 12.3. The molecule has 172 valence electrons. The van der Waals surface area contributed by atoms with E-state index >= 15 is 0 Å². The Labute approximate surface area is 181 Å². The quantitative estimate of drug-likeness (QED) is 0.615. The lowest BCUT2D eigenvalue weighted by Gasteiger charge is -2.40. The molecule has 2 unspecified atom stereocenters. The van der Waals surface area contributed by atoms with Crippen molar-refractivity contribution in [1.29, 1.82) is 0 Å². The summed E-state index contributed by atoms with van der Waals surface area (Å²) in [5.41, 5.74) is -0.296. The van der Waals surface area contributed by atoms with Gasteiger partial charge in [0.15, 0.2) is 0 Å². The minimum absolute atomic E-state index is 0.0231. The largest absolute Gasteiger partial charge is 0.478 e. The Bertz CT molecular complexity index is 666. The summed E-state index contributed by atoms with van der Waals surface area (Å²) < 4.78 is 0. The molecule has 1 saturated heterocycles. The number of rotatable bonds is 7. The fraction of sp³-hybridized carbons (Fsp3) is 0.783. The fourth-order valence-corrected chi connectivity index (χ4v) is 3.95. The maximum Gasteiger partial charge on any atom is 0.331 e. The highest BCUT2D eigenvalue weighted by molar-refractivity contribution is 5.91. The number of carboxylic acid groups (broad SMARTS) is 1. The van der Waals surface area contributed by atoms with E-state index in [0.717, 1.165) is 19.3 Å². The highest BCUT2D eigenvalue weighted by atomic mass is 16.4. The van der Waals surface area contributed by atoms with Gasteiger partial charge in [-0.15, -0.1) is 0 Å². The molecular weight excluding hydrogens is 382 g/mol. The Balaban J connectivity index is 3.12. The van der Waals surface area contributed by atoms with Crippen LogP contribution in [0, 0.1) is 11.3 Å². The molecule has 0 aromatic rings. The van der Waals surface area contributed by atoms with E-state index < -0.39 is 17.4 Å². The van der Waals surface area contributed by atoms with Crippen LogP contribution < -0.4 is 5.32 Å². The van der Waals surface area contributed by atoms with Crippen molar-refractivity contribution in [2.24, 2.45) is 11.3 Å². The molecule has 0 radical (unpaired) electrons. The third-order valence-corrected chi connectivity index (χ3v) is 6.22. The van der Waals surface area contributed by atoms with Gasteiger partial charge in [0.2, 0.25) is 11.8 Å². The smallest absolute Gasteiger partial charge is 0.331 e. The molecule has 30 heavy (non-hydrogen) atoms. The standard InChI is InChI=1S/C23H41N3O4/c1-14(2)18(13-15(3)22(29)30)26(9)21(28)19(23(5,6)7)24-20(27)17-12-10-11-16(4)25(17)8/h13-14,16-19H,10-12H2,1-9H3,(H,24,27)(H,29,30)/b15-13+/t16-,17?,18+,19?/m0/s1. The molecule has 0 aromatic heterocycles. The van der Waals surface area contributed by atoms with Crippen LogP contribution in [0.25, 0.3) is 0 Å². The first kappa shape index (κ1) is 26.1. The Morgan fingerprint density at radius 2 is 1.77 bits per heavy atom. The van der Waals surface area contributed by atoms with E-state index in [1.165, 1.54) is 6.92 Å². The molecule has 1 rings (SSSR count). The van der Waals surface area contributed by atoms with Gasteiger partial charge in [-0.1, -0.05) is 40.7 Å². The Morgan fingerprint density at radius 1 is 1.20 bits per heavy atom. The highest BCUT2D eigenvalue weighted by Crippen LogP contribution is 2.26. The SMILES string of the molecule is C/C(=C\[C@H](C(C)C)N(C)C(=O)C(NC(=O)C1CCC[C@H](C)N1C)C(C)(C)C)C(=O)O. The van der Waals surface area contributed by atoms with Gasteiger partial charge in [-0.2, -0.15) is 0 Å². The molecule has 0 saturated carbocycles. The number of nitrogens with one attached hydrogen (secondary N) is 1. The van der Waals surface area contributed by atoms with E-state index in [-0.39, 0.29) is 35.4 Å². The van der Waals surface area contributed by atoms with Gasteiger partial charge in [0.05, 0.1) is 12.1 Å². The highest BCUT2D eigenvalue weighted by Gasteiger charge is 2.39. The van der Waals surface area contributed by atoms with Gasteiger partial charge in [0.1, 0.15) is 6.04 Å². The van der Waals surface area contributed by atoms with Crippen molar-refractivity contribution in [3.8, 4) is 0 Å². The van der Waals surface area contributed by atoms with Crippen LogP contribution in [0.3, 0.4) is 0 Å². The number of hydrogen-bond donors (Lipinski definition) is 2. The third-order valence-electron chi connectivity index (χ3n) is 6.22. The summed E-state index contributed by atoms with van der Waals surface area (Å²) >= 11 is 0. The summed E-state index contributed by atoms with van der Waals surface area (Å²) in [7, 11) is 3.64. The summed E-state index contributed by atoms with van der Waals surface area (Å²) in [6.07, 6.45) is 4.45. The molecule has 0 aliphatic carbocycles. The first-order valence-corrected chi connectivity index (χ1v) is 10.9. The number of hydrogen-bond acceptors (Lipinski definition) is 4. The van der Waals surface area contributed by atoms with Gasteiger partial charge >= 0.3 is 5.97 Å². The molecule has 7 heteroatoms.